The summed E-state index contributed by atoms with van der Waals surface area (Å²) in [4.78, 5) is 37.0. The number of nitrogens with zero attached hydrogens (tertiary/aromatic N) is 1. The molecule has 0 aliphatic carbocycles. The number of hydrogen-bond donors (Lipinski definition) is 0. The molecule has 2 aromatic carbocycles. The number of carbonyl (C=O) groups is 2. The molecular weight excluding hydrogens is 482 g/mol. The summed E-state index contributed by atoms with van der Waals surface area (Å²) in [6, 6.07) is 18.9. The Bertz CT molecular complexity index is 1040. The highest BCUT2D eigenvalue weighted by Crippen LogP contribution is 2.30. The topological polar surface area (TPSA) is 123 Å². The summed E-state index contributed by atoms with van der Waals surface area (Å²) in [6.45, 7) is 3.12. The van der Waals surface area contributed by atoms with E-state index in [4.69, 9.17) is 23.7 Å². The van der Waals surface area contributed by atoms with Gasteiger partial charge in [0.05, 0.1) is 38.0 Å². The average Bonchev–Trinajstić information content (AvgIpc) is 2.90. The standard InChI is InChI=1S/C27H31NO9/c1-3-34-25(29)27(28(31)32,26(30)35-4-2)24-16-15-22(36-18-21-13-9-6-10-14-21)23(37-24)19-33-17-20-11-7-5-8-12-20/h5-16,22-24H,3-4,17-19H2,1-2H3/t22?,23?,24-/m0/s1. The first-order valence-electron chi connectivity index (χ1n) is 12.0. The quantitative estimate of drug-likeness (QED) is 0.131. The van der Waals surface area contributed by atoms with Gasteiger partial charge in [0.1, 0.15) is 12.2 Å². The maximum atomic E-state index is 12.9. The summed E-state index contributed by atoms with van der Waals surface area (Å²) < 4.78 is 27.7. The molecule has 0 saturated carbocycles. The minimum absolute atomic E-state index is 0.0192. The zero-order valence-corrected chi connectivity index (χ0v) is 20.8. The average molecular weight is 514 g/mol. The molecule has 0 bridgehead atoms. The summed E-state index contributed by atoms with van der Waals surface area (Å²) in [6.07, 6.45) is -0.321. The molecule has 0 radical (unpaired) electrons. The van der Waals surface area contributed by atoms with Crippen LogP contribution >= 0.6 is 0 Å². The number of esters is 2. The monoisotopic (exact) mass is 513 g/mol. The second-order valence-electron chi connectivity index (χ2n) is 8.21. The number of nitro groups is 1. The van der Waals surface area contributed by atoms with Gasteiger partial charge < -0.3 is 23.7 Å². The van der Waals surface area contributed by atoms with Gasteiger partial charge in [0, 0.05) is 0 Å². The van der Waals surface area contributed by atoms with Crippen LogP contribution in [0, 0.1) is 10.1 Å². The minimum atomic E-state index is -2.94. The molecule has 198 valence electrons. The van der Waals surface area contributed by atoms with Crippen molar-refractivity contribution < 1.29 is 38.2 Å². The van der Waals surface area contributed by atoms with Crippen LogP contribution in [-0.4, -0.2) is 60.5 Å². The van der Waals surface area contributed by atoms with E-state index >= 15 is 0 Å². The van der Waals surface area contributed by atoms with Crippen LogP contribution in [0.25, 0.3) is 0 Å². The molecular formula is C27H31NO9. The van der Waals surface area contributed by atoms with E-state index in [2.05, 4.69) is 0 Å². The number of ether oxygens (including phenoxy) is 5. The second kappa shape index (κ2) is 13.6. The van der Waals surface area contributed by atoms with Gasteiger partial charge in [-0.25, -0.2) is 9.59 Å². The normalized spacial score (nSPS) is 19.2. The third-order valence-corrected chi connectivity index (χ3v) is 5.72. The second-order valence-corrected chi connectivity index (χ2v) is 8.21. The predicted octanol–water partition coefficient (Wildman–Crippen LogP) is 3.25. The third kappa shape index (κ3) is 6.79. The molecule has 0 saturated heterocycles. The van der Waals surface area contributed by atoms with E-state index in [1.165, 1.54) is 19.9 Å². The Morgan fingerprint density at radius 3 is 1.95 bits per heavy atom. The summed E-state index contributed by atoms with van der Waals surface area (Å²) in [5.74, 6) is -2.72. The summed E-state index contributed by atoms with van der Waals surface area (Å²) in [7, 11) is 0. The summed E-state index contributed by atoms with van der Waals surface area (Å²) >= 11 is 0. The van der Waals surface area contributed by atoms with Crippen molar-refractivity contribution >= 4 is 11.9 Å². The number of hydrogen-bond acceptors (Lipinski definition) is 9. The fourth-order valence-corrected chi connectivity index (χ4v) is 3.86. The van der Waals surface area contributed by atoms with Crippen LogP contribution in [0.4, 0.5) is 0 Å². The van der Waals surface area contributed by atoms with Crippen molar-refractivity contribution in [3.63, 3.8) is 0 Å². The largest absolute Gasteiger partial charge is 0.460 e. The molecule has 0 amide bonds. The summed E-state index contributed by atoms with van der Waals surface area (Å²) in [5, 5.41) is 12.3. The van der Waals surface area contributed by atoms with Gasteiger partial charge in [-0.15, -0.1) is 0 Å². The van der Waals surface area contributed by atoms with Crippen molar-refractivity contribution in [3.8, 4) is 0 Å². The van der Waals surface area contributed by atoms with Crippen molar-refractivity contribution in [3.05, 3.63) is 94.1 Å². The van der Waals surface area contributed by atoms with Crippen LogP contribution in [0.3, 0.4) is 0 Å². The van der Waals surface area contributed by atoms with E-state index in [9.17, 15) is 19.7 Å². The number of carbonyl (C=O) groups excluding carboxylic acids is 2. The molecule has 1 aliphatic rings. The fraction of sp³-hybridized carbons (Fsp3) is 0.407. The van der Waals surface area contributed by atoms with Gasteiger partial charge in [-0.2, -0.15) is 0 Å². The van der Waals surface area contributed by atoms with E-state index in [0.717, 1.165) is 11.1 Å². The van der Waals surface area contributed by atoms with E-state index in [1.807, 2.05) is 60.7 Å². The fourth-order valence-electron chi connectivity index (χ4n) is 3.86. The Morgan fingerprint density at radius 1 is 0.892 bits per heavy atom. The molecule has 10 nitrogen and oxygen atoms in total. The van der Waals surface area contributed by atoms with Gasteiger partial charge in [-0.3, -0.25) is 10.1 Å². The van der Waals surface area contributed by atoms with Gasteiger partial charge in [-0.05, 0) is 31.1 Å². The summed E-state index contributed by atoms with van der Waals surface area (Å²) in [5.41, 5.74) is -1.10. The molecule has 2 unspecified atom stereocenters. The van der Waals surface area contributed by atoms with Crippen molar-refractivity contribution in [1.82, 2.24) is 0 Å². The first-order valence-corrected chi connectivity index (χ1v) is 12.0. The Hall–Kier alpha value is -3.60. The van der Waals surface area contributed by atoms with Gasteiger partial charge >= 0.3 is 17.5 Å². The lowest BCUT2D eigenvalue weighted by Gasteiger charge is -2.35. The van der Waals surface area contributed by atoms with E-state index in [-0.39, 0.29) is 33.0 Å². The Labute approximate surface area is 215 Å². The zero-order chi connectivity index (χ0) is 26.7. The Morgan fingerprint density at radius 2 is 1.43 bits per heavy atom. The highest BCUT2D eigenvalue weighted by molar-refractivity contribution is 6.04. The first-order chi connectivity index (χ1) is 17.9. The molecule has 0 fully saturated rings. The number of benzene rings is 2. The van der Waals surface area contributed by atoms with Crippen LogP contribution in [0.15, 0.2) is 72.8 Å². The molecule has 1 heterocycles. The molecule has 0 spiro atoms. The molecule has 2 aromatic rings. The lowest BCUT2D eigenvalue weighted by molar-refractivity contribution is -0.553. The molecule has 3 rings (SSSR count). The van der Waals surface area contributed by atoms with Gasteiger partial charge in [0.15, 0.2) is 6.10 Å². The van der Waals surface area contributed by atoms with Crippen LogP contribution in [0.5, 0.6) is 0 Å². The molecule has 37 heavy (non-hydrogen) atoms. The highest BCUT2D eigenvalue weighted by Gasteiger charge is 2.68. The van der Waals surface area contributed by atoms with Crippen LogP contribution in [-0.2, 0) is 46.5 Å². The van der Waals surface area contributed by atoms with Crippen LogP contribution < -0.4 is 0 Å². The predicted molar refractivity (Wildman–Crippen MR) is 132 cm³/mol. The van der Waals surface area contributed by atoms with Gasteiger partial charge in [0.25, 0.3) is 0 Å². The third-order valence-electron chi connectivity index (χ3n) is 5.72. The van der Waals surface area contributed by atoms with Gasteiger partial charge in [0.2, 0.25) is 0 Å². The van der Waals surface area contributed by atoms with Crippen molar-refractivity contribution in [2.75, 3.05) is 19.8 Å². The maximum absolute atomic E-state index is 12.9. The van der Waals surface area contributed by atoms with Crippen molar-refractivity contribution in [2.24, 2.45) is 0 Å². The maximum Gasteiger partial charge on any atom is 0.438 e. The van der Waals surface area contributed by atoms with Crippen molar-refractivity contribution in [1.29, 1.82) is 0 Å². The SMILES string of the molecule is CCOC(=O)C(C(=O)OCC)([C@@H]1C=CC(OCc2ccccc2)C(COCc2ccccc2)O1)[N+](=O)[O-]. The Kier molecular flexibility index (Phi) is 10.3. The minimum Gasteiger partial charge on any atom is -0.460 e. The van der Waals surface area contributed by atoms with Crippen LogP contribution in [0.2, 0.25) is 0 Å². The lowest BCUT2D eigenvalue weighted by atomic mass is 9.89. The zero-order valence-electron chi connectivity index (χ0n) is 20.8. The molecule has 1 aliphatic heterocycles. The number of rotatable bonds is 13. The van der Waals surface area contributed by atoms with E-state index in [0.29, 0.717) is 0 Å². The van der Waals surface area contributed by atoms with Crippen molar-refractivity contribution in [2.45, 2.75) is 50.9 Å². The van der Waals surface area contributed by atoms with Gasteiger partial charge in [-0.1, -0.05) is 66.7 Å². The van der Waals surface area contributed by atoms with Crippen LogP contribution in [0.1, 0.15) is 25.0 Å². The molecule has 0 aromatic heterocycles. The Balaban J connectivity index is 1.87. The lowest BCUT2D eigenvalue weighted by Crippen LogP contribution is -2.65. The molecule has 0 N–H and O–H groups in total. The van der Waals surface area contributed by atoms with E-state index < -0.39 is 40.7 Å². The molecule has 10 heteroatoms. The smallest absolute Gasteiger partial charge is 0.438 e. The van der Waals surface area contributed by atoms with E-state index in [1.54, 1.807) is 6.08 Å². The highest BCUT2D eigenvalue weighted by atomic mass is 16.7. The molecule has 3 atom stereocenters. The first kappa shape index (κ1) is 28.0.